The number of anilines is 1. The second kappa shape index (κ2) is 10.4. The number of carbonyl (C=O) groups is 2. The van der Waals surface area contributed by atoms with Crippen molar-refractivity contribution in [3.8, 4) is 0 Å². The number of nitrogens with two attached hydrogens (primary N) is 1. The Hall–Kier alpha value is -2.82. The molecule has 0 aromatic heterocycles. The fourth-order valence-electron chi connectivity index (χ4n) is 4.62. The Balaban J connectivity index is 1.50. The van der Waals surface area contributed by atoms with Gasteiger partial charge in [0.05, 0.1) is 23.3 Å². The zero-order valence-corrected chi connectivity index (χ0v) is 20.5. The largest absolute Gasteiger partial charge is 0.374 e. The summed E-state index contributed by atoms with van der Waals surface area (Å²) in [5, 5.41) is 5.31. The number of ether oxygens (including phenoxy) is 1. The summed E-state index contributed by atoms with van der Waals surface area (Å²) in [7, 11) is -3.98. The molecule has 35 heavy (non-hydrogen) atoms. The van der Waals surface area contributed by atoms with Gasteiger partial charge in [-0.3, -0.25) is 9.59 Å². The zero-order chi connectivity index (χ0) is 25.2. The van der Waals surface area contributed by atoms with Crippen LogP contribution >= 0.6 is 0 Å². The van der Waals surface area contributed by atoms with Crippen molar-refractivity contribution < 1.29 is 27.1 Å². The maximum Gasteiger partial charge on any atom is 0.254 e. The maximum absolute atomic E-state index is 14.6. The average Bonchev–Trinajstić information content (AvgIpc) is 3.35. The minimum atomic E-state index is -3.98. The monoisotopic (exact) mass is 503 g/mol. The first kappa shape index (κ1) is 25.3. The van der Waals surface area contributed by atoms with E-state index in [0.717, 1.165) is 25.7 Å². The molecular formula is C25H30FN3O5S. The van der Waals surface area contributed by atoms with Crippen LogP contribution < -0.4 is 10.0 Å². The van der Waals surface area contributed by atoms with Crippen LogP contribution in [0.15, 0.2) is 41.3 Å². The Morgan fingerprint density at radius 3 is 2.34 bits per heavy atom. The number of benzene rings is 2. The molecule has 188 valence electrons. The number of primary sulfonamides is 1. The van der Waals surface area contributed by atoms with Gasteiger partial charge in [-0.2, -0.15) is 0 Å². The minimum absolute atomic E-state index is 0.128. The highest BCUT2D eigenvalue weighted by Crippen LogP contribution is 2.26. The van der Waals surface area contributed by atoms with E-state index in [1.807, 2.05) is 4.90 Å². The fourth-order valence-corrected chi connectivity index (χ4v) is 5.16. The topological polar surface area (TPSA) is 110 Å². The standard InChI is InChI=1S/C25H30FN3O5S/c1-17(30)18-7-9-24(23(26)14-18)28-10-12-29(13-11-28)25(31)22-15-21(35(27,32)33)8-6-19(22)16-34-20-4-2-3-5-20/h6-9,14-15,20H,2-5,10-13,16H2,1H3,(H2,27,32,33). The van der Waals surface area contributed by atoms with Crippen LogP contribution in [0.1, 0.15) is 58.9 Å². The summed E-state index contributed by atoms with van der Waals surface area (Å²) in [6.45, 7) is 3.04. The molecule has 2 aliphatic rings. The Morgan fingerprint density at radius 2 is 1.74 bits per heavy atom. The molecule has 0 unspecified atom stereocenters. The lowest BCUT2D eigenvalue weighted by Crippen LogP contribution is -2.49. The number of carbonyl (C=O) groups excluding carboxylic acids is 2. The predicted molar refractivity (Wildman–Crippen MR) is 129 cm³/mol. The van der Waals surface area contributed by atoms with Crippen LogP contribution in [0.4, 0.5) is 10.1 Å². The number of sulfonamides is 1. The van der Waals surface area contributed by atoms with Gasteiger partial charge in [0, 0.05) is 37.3 Å². The van der Waals surface area contributed by atoms with Gasteiger partial charge in [0.25, 0.3) is 5.91 Å². The smallest absolute Gasteiger partial charge is 0.254 e. The molecular weight excluding hydrogens is 473 g/mol. The summed E-state index contributed by atoms with van der Waals surface area (Å²) in [6, 6.07) is 8.70. The summed E-state index contributed by atoms with van der Waals surface area (Å²) in [6.07, 6.45) is 4.32. The van der Waals surface area contributed by atoms with E-state index in [1.165, 1.54) is 25.1 Å². The minimum Gasteiger partial charge on any atom is -0.374 e. The fraction of sp³-hybridized carbons (Fsp3) is 0.440. The lowest BCUT2D eigenvalue weighted by atomic mass is 10.1. The van der Waals surface area contributed by atoms with Crippen LogP contribution in [0, 0.1) is 5.82 Å². The Morgan fingerprint density at radius 1 is 1.06 bits per heavy atom. The quantitative estimate of drug-likeness (QED) is 0.582. The Kier molecular flexibility index (Phi) is 7.53. The number of ketones is 1. The van der Waals surface area contributed by atoms with Crippen molar-refractivity contribution in [2.24, 2.45) is 5.14 Å². The first-order valence-electron chi connectivity index (χ1n) is 11.8. The van der Waals surface area contributed by atoms with Gasteiger partial charge < -0.3 is 14.5 Å². The van der Waals surface area contributed by atoms with E-state index in [1.54, 1.807) is 23.1 Å². The molecule has 0 spiro atoms. The van der Waals surface area contributed by atoms with Crippen LogP contribution in [0.2, 0.25) is 0 Å². The number of nitrogens with zero attached hydrogens (tertiary/aromatic N) is 2. The summed E-state index contributed by atoms with van der Waals surface area (Å²) >= 11 is 0. The molecule has 8 nitrogen and oxygen atoms in total. The highest BCUT2D eigenvalue weighted by molar-refractivity contribution is 7.89. The van der Waals surface area contributed by atoms with E-state index in [9.17, 15) is 22.4 Å². The van der Waals surface area contributed by atoms with Gasteiger partial charge in [-0.05, 0) is 55.7 Å². The molecule has 10 heteroatoms. The first-order valence-corrected chi connectivity index (χ1v) is 13.3. The van der Waals surface area contributed by atoms with Gasteiger partial charge in [0.2, 0.25) is 10.0 Å². The van der Waals surface area contributed by atoms with Crippen molar-refractivity contribution in [2.45, 2.75) is 50.2 Å². The number of piperazine rings is 1. The number of rotatable bonds is 7. The molecule has 2 aromatic rings. The summed E-state index contributed by atoms with van der Waals surface area (Å²) in [4.78, 5) is 28.2. The molecule has 2 fully saturated rings. The third kappa shape index (κ3) is 5.88. The first-order chi connectivity index (χ1) is 16.6. The van der Waals surface area contributed by atoms with Crippen LogP contribution in [0.3, 0.4) is 0 Å². The molecule has 2 aromatic carbocycles. The molecule has 1 saturated carbocycles. The molecule has 2 N–H and O–H groups in total. The number of amides is 1. The van der Waals surface area contributed by atoms with Crippen molar-refractivity contribution in [1.82, 2.24) is 4.90 Å². The van der Waals surface area contributed by atoms with Gasteiger partial charge in [-0.25, -0.2) is 17.9 Å². The lowest BCUT2D eigenvalue weighted by Gasteiger charge is -2.36. The molecule has 1 aliphatic carbocycles. The number of hydrogen-bond acceptors (Lipinski definition) is 6. The highest BCUT2D eigenvalue weighted by atomic mass is 32.2. The van der Waals surface area contributed by atoms with Crippen molar-refractivity contribution in [2.75, 3.05) is 31.1 Å². The van der Waals surface area contributed by atoms with Crippen molar-refractivity contribution >= 4 is 27.4 Å². The van der Waals surface area contributed by atoms with E-state index >= 15 is 0 Å². The summed E-state index contributed by atoms with van der Waals surface area (Å²) in [5.41, 5.74) is 1.55. The zero-order valence-electron chi connectivity index (χ0n) is 19.7. The number of hydrogen-bond donors (Lipinski definition) is 1. The second-order valence-corrected chi connectivity index (χ2v) is 10.6. The highest BCUT2D eigenvalue weighted by Gasteiger charge is 2.27. The van der Waals surface area contributed by atoms with Gasteiger partial charge in [0.15, 0.2) is 5.78 Å². The Bertz CT molecular complexity index is 1220. The summed E-state index contributed by atoms with van der Waals surface area (Å²) in [5.74, 6) is -1.00. The molecule has 0 radical (unpaired) electrons. The van der Waals surface area contributed by atoms with Crippen molar-refractivity contribution in [3.63, 3.8) is 0 Å². The number of Topliss-reactive ketones (excluding diaryl/α,β-unsaturated/α-hetero) is 1. The molecule has 0 atom stereocenters. The third-order valence-corrected chi connectivity index (χ3v) is 7.59. The normalized spacial score (nSPS) is 17.1. The second-order valence-electron chi connectivity index (χ2n) is 9.08. The van der Waals surface area contributed by atoms with Gasteiger partial charge in [-0.15, -0.1) is 0 Å². The van der Waals surface area contributed by atoms with E-state index in [4.69, 9.17) is 9.88 Å². The van der Waals surface area contributed by atoms with Crippen LogP contribution in [0.5, 0.6) is 0 Å². The van der Waals surface area contributed by atoms with E-state index in [0.29, 0.717) is 43.0 Å². The Labute approximate surface area is 204 Å². The molecule has 1 heterocycles. The maximum atomic E-state index is 14.6. The van der Waals surface area contributed by atoms with Crippen LogP contribution in [-0.2, 0) is 21.4 Å². The lowest BCUT2D eigenvalue weighted by molar-refractivity contribution is 0.0444. The van der Waals surface area contributed by atoms with E-state index in [2.05, 4.69) is 0 Å². The molecule has 1 amide bonds. The summed E-state index contributed by atoms with van der Waals surface area (Å²) < 4.78 is 44.4. The average molecular weight is 504 g/mol. The van der Waals surface area contributed by atoms with E-state index in [-0.39, 0.29) is 34.9 Å². The molecule has 4 rings (SSSR count). The van der Waals surface area contributed by atoms with Crippen molar-refractivity contribution in [1.29, 1.82) is 0 Å². The number of halogens is 1. The van der Waals surface area contributed by atoms with Crippen LogP contribution in [0.25, 0.3) is 0 Å². The van der Waals surface area contributed by atoms with Crippen molar-refractivity contribution in [3.05, 3.63) is 58.9 Å². The SMILES string of the molecule is CC(=O)c1ccc(N2CCN(C(=O)c3cc(S(N)(=O)=O)ccc3COC3CCCC3)CC2)c(F)c1. The third-order valence-electron chi connectivity index (χ3n) is 6.68. The van der Waals surface area contributed by atoms with Gasteiger partial charge in [0.1, 0.15) is 5.82 Å². The van der Waals surface area contributed by atoms with E-state index < -0.39 is 15.8 Å². The predicted octanol–water partition coefficient (Wildman–Crippen LogP) is 3.10. The molecule has 1 saturated heterocycles. The van der Waals surface area contributed by atoms with Gasteiger partial charge in [-0.1, -0.05) is 18.9 Å². The van der Waals surface area contributed by atoms with Gasteiger partial charge >= 0.3 is 0 Å². The molecule has 1 aliphatic heterocycles. The molecule has 0 bridgehead atoms. The van der Waals surface area contributed by atoms with Crippen LogP contribution in [-0.4, -0.2) is 57.3 Å².